The first-order chi connectivity index (χ1) is 12.0. The average Bonchev–Trinajstić information content (AvgIpc) is 3.18. The fourth-order valence-electron chi connectivity index (χ4n) is 3.47. The van der Waals surface area contributed by atoms with Crippen molar-refractivity contribution in [1.29, 1.82) is 0 Å². The van der Waals surface area contributed by atoms with Gasteiger partial charge in [-0.25, -0.2) is 0 Å². The van der Waals surface area contributed by atoms with Crippen LogP contribution in [0, 0.1) is 0 Å². The topological polar surface area (TPSA) is 46.3 Å². The summed E-state index contributed by atoms with van der Waals surface area (Å²) in [6.07, 6.45) is 3.76. The molecule has 1 fully saturated rings. The van der Waals surface area contributed by atoms with E-state index in [-0.39, 0.29) is 11.4 Å². The molecule has 2 aromatic heterocycles. The molecule has 1 aliphatic rings. The second kappa shape index (κ2) is 5.88. The highest BCUT2D eigenvalue weighted by atomic mass is 35.5. The first-order valence-corrected chi connectivity index (χ1v) is 8.80. The standard InChI is InChI=1S/C20H19ClN2O2/c1-20(2)9-3-11-23(20)19(24)14-6-4-13(5-7-14)17-12-16-18(25-17)15(21)8-10-22-16/h4-8,10,12H,3,9,11H2,1-2H3. The Morgan fingerprint density at radius 3 is 2.64 bits per heavy atom. The third kappa shape index (κ3) is 2.81. The lowest BCUT2D eigenvalue weighted by Crippen LogP contribution is -2.42. The van der Waals surface area contributed by atoms with Crippen LogP contribution in [0.4, 0.5) is 0 Å². The highest BCUT2D eigenvalue weighted by molar-refractivity contribution is 6.34. The van der Waals surface area contributed by atoms with Crippen LogP contribution >= 0.6 is 11.6 Å². The Balaban J connectivity index is 1.63. The summed E-state index contributed by atoms with van der Waals surface area (Å²) in [4.78, 5) is 19.0. The number of carbonyl (C=O) groups is 1. The van der Waals surface area contributed by atoms with Gasteiger partial charge in [0, 0.05) is 35.5 Å². The SMILES string of the molecule is CC1(C)CCCN1C(=O)c1ccc(-c2cc3nccc(Cl)c3o2)cc1. The van der Waals surface area contributed by atoms with Crippen molar-refractivity contribution in [3.05, 3.63) is 53.2 Å². The van der Waals surface area contributed by atoms with Crippen LogP contribution in [0.3, 0.4) is 0 Å². The number of amides is 1. The highest BCUT2D eigenvalue weighted by Gasteiger charge is 2.35. The van der Waals surface area contributed by atoms with Gasteiger partial charge in [0.15, 0.2) is 5.58 Å². The molecule has 0 spiro atoms. The molecule has 0 unspecified atom stereocenters. The molecule has 3 heterocycles. The van der Waals surface area contributed by atoms with Crippen LogP contribution in [0.15, 0.2) is 47.0 Å². The van der Waals surface area contributed by atoms with Crippen molar-refractivity contribution in [3.8, 4) is 11.3 Å². The van der Waals surface area contributed by atoms with Gasteiger partial charge in [-0.15, -0.1) is 0 Å². The minimum absolute atomic E-state index is 0.0725. The summed E-state index contributed by atoms with van der Waals surface area (Å²) in [5.41, 5.74) is 2.83. The molecule has 1 amide bonds. The van der Waals surface area contributed by atoms with E-state index in [0.717, 1.165) is 30.5 Å². The van der Waals surface area contributed by atoms with E-state index in [0.29, 0.717) is 21.9 Å². The Hall–Kier alpha value is -2.33. The van der Waals surface area contributed by atoms with E-state index in [1.165, 1.54) is 0 Å². The minimum Gasteiger partial charge on any atom is -0.453 e. The van der Waals surface area contributed by atoms with Crippen molar-refractivity contribution >= 4 is 28.6 Å². The Labute approximate surface area is 151 Å². The van der Waals surface area contributed by atoms with Crippen molar-refractivity contribution in [2.24, 2.45) is 0 Å². The fraction of sp³-hybridized carbons (Fsp3) is 0.300. The smallest absolute Gasteiger partial charge is 0.254 e. The fourth-order valence-corrected chi connectivity index (χ4v) is 3.66. The maximum atomic E-state index is 12.8. The first-order valence-electron chi connectivity index (χ1n) is 8.42. The van der Waals surface area contributed by atoms with Crippen LogP contribution in [0.1, 0.15) is 37.0 Å². The van der Waals surface area contributed by atoms with Crippen molar-refractivity contribution in [3.63, 3.8) is 0 Å². The zero-order valence-corrected chi connectivity index (χ0v) is 15.0. The average molecular weight is 355 g/mol. The summed E-state index contributed by atoms with van der Waals surface area (Å²) in [7, 11) is 0. The Kier molecular flexibility index (Phi) is 3.80. The molecule has 1 saturated heterocycles. The number of nitrogens with zero attached hydrogens (tertiary/aromatic N) is 2. The quantitative estimate of drug-likeness (QED) is 0.638. The normalized spacial score (nSPS) is 16.5. The molecule has 128 valence electrons. The molecule has 25 heavy (non-hydrogen) atoms. The van der Waals surface area contributed by atoms with Crippen LogP contribution in [-0.2, 0) is 0 Å². The van der Waals surface area contributed by atoms with Crippen LogP contribution in [-0.4, -0.2) is 27.9 Å². The van der Waals surface area contributed by atoms with Crippen LogP contribution < -0.4 is 0 Å². The van der Waals surface area contributed by atoms with Gasteiger partial charge < -0.3 is 9.32 Å². The van der Waals surface area contributed by atoms with Gasteiger partial charge in [-0.3, -0.25) is 9.78 Å². The van der Waals surface area contributed by atoms with Crippen LogP contribution in [0.2, 0.25) is 5.02 Å². The predicted molar refractivity (Wildman–Crippen MR) is 98.8 cm³/mol. The molecule has 0 saturated carbocycles. The van der Waals surface area contributed by atoms with Crippen LogP contribution in [0.5, 0.6) is 0 Å². The molecule has 4 nitrogen and oxygen atoms in total. The van der Waals surface area contributed by atoms with Gasteiger partial charge in [-0.1, -0.05) is 23.7 Å². The number of benzene rings is 1. The van der Waals surface area contributed by atoms with Crippen molar-refractivity contribution in [2.45, 2.75) is 32.2 Å². The molecule has 1 aliphatic heterocycles. The number of rotatable bonds is 2. The number of carbonyl (C=O) groups excluding carboxylic acids is 1. The van der Waals surface area contributed by atoms with Gasteiger partial charge >= 0.3 is 0 Å². The molecule has 0 radical (unpaired) electrons. The molecule has 1 aromatic carbocycles. The number of fused-ring (bicyclic) bond motifs is 1. The summed E-state index contributed by atoms with van der Waals surface area (Å²) >= 11 is 6.14. The van der Waals surface area contributed by atoms with Crippen molar-refractivity contribution in [2.75, 3.05) is 6.54 Å². The second-order valence-electron chi connectivity index (χ2n) is 7.07. The maximum Gasteiger partial charge on any atom is 0.254 e. The lowest BCUT2D eigenvalue weighted by atomic mass is 10.0. The monoisotopic (exact) mass is 354 g/mol. The van der Waals surface area contributed by atoms with Crippen molar-refractivity contribution in [1.82, 2.24) is 9.88 Å². The largest absolute Gasteiger partial charge is 0.453 e. The van der Waals surface area contributed by atoms with Gasteiger partial charge in [0.25, 0.3) is 5.91 Å². The van der Waals surface area contributed by atoms with Crippen molar-refractivity contribution < 1.29 is 9.21 Å². The zero-order chi connectivity index (χ0) is 17.6. The number of likely N-dealkylation sites (tertiary alicyclic amines) is 1. The number of hydrogen-bond donors (Lipinski definition) is 0. The second-order valence-corrected chi connectivity index (χ2v) is 7.48. The van der Waals surface area contributed by atoms with Gasteiger partial charge in [0.2, 0.25) is 0 Å². The van der Waals surface area contributed by atoms with Gasteiger partial charge in [0.1, 0.15) is 11.3 Å². The molecule has 0 aliphatic carbocycles. The number of furan rings is 1. The summed E-state index contributed by atoms with van der Waals surface area (Å²) in [6, 6.07) is 11.1. The van der Waals surface area contributed by atoms with E-state index in [2.05, 4.69) is 18.8 Å². The number of aromatic nitrogens is 1. The van der Waals surface area contributed by atoms with Gasteiger partial charge in [-0.2, -0.15) is 0 Å². The van der Waals surface area contributed by atoms with E-state index in [1.54, 1.807) is 12.3 Å². The molecular formula is C20H19ClN2O2. The molecule has 0 N–H and O–H groups in total. The molecular weight excluding hydrogens is 336 g/mol. The zero-order valence-electron chi connectivity index (χ0n) is 14.3. The molecule has 3 aromatic rings. The van der Waals surface area contributed by atoms with E-state index >= 15 is 0 Å². The molecule has 0 bridgehead atoms. The minimum atomic E-state index is -0.0725. The van der Waals surface area contributed by atoms with Gasteiger partial charge in [0.05, 0.1) is 5.02 Å². The first kappa shape index (κ1) is 16.2. The molecule has 0 atom stereocenters. The lowest BCUT2D eigenvalue weighted by Gasteiger charge is -2.31. The lowest BCUT2D eigenvalue weighted by molar-refractivity contribution is 0.0652. The third-order valence-corrected chi connectivity index (χ3v) is 5.22. The van der Waals surface area contributed by atoms with E-state index in [9.17, 15) is 4.79 Å². The number of pyridine rings is 1. The summed E-state index contributed by atoms with van der Waals surface area (Å²) in [6.45, 7) is 5.07. The summed E-state index contributed by atoms with van der Waals surface area (Å²) in [5.74, 6) is 0.777. The van der Waals surface area contributed by atoms with E-state index < -0.39 is 0 Å². The predicted octanol–water partition coefficient (Wildman–Crippen LogP) is 5.16. The summed E-state index contributed by atoms with van der Waals surface area (Å²) < 4.78 is 5.83. The molecule has 4 rings (SSSR count). The Morgan fingerprint density at radius 1 is 1.24 bits per heavy atom. The number of hydrogen-bond acceptors (Lipinski definition) is 3. The van der Waals surface area contributed by atoms with E-state index in [4.69, 9.17) is 16.0 Å². The molecule has 5 heteroatoms. The maximum absolute atomic E-state index is 12.8. The van der Waals surface area contributed by atoms with Crippen LogP contribution in [0.25, 0.3) is 22.4 Å². The third-order valence-electron chi connectivity index (χ3n) is 4.93. The highest BCUT2D eigenvalue weighted by Crippen LogP contribution is 2.32. The number of halogens is 1. The van der Waals surface area contributed by atoms with Gasteiger partial charge in [-0.05, 0) is 44.9 Å². The van der Waals surface area contributed by atoms with E-state index in [1.807, 2.05) is 35.2 Å². The summed E-state index contributed by atoms with van der Waals surface area (Å²) in [5, 5.41) is 0.541. The Bertz CT molecular complexity index is 944. The Morgan fingerprint density at radius 2 is 2.00 bits per heavy atom.